The van der Waals surface area contributed by atoms with Gasteiger partial charge in [0.15, 0.2) is 5.60 Å². The van der Waals surface area contributed by atoms with Crippen molar-refractivity contribution < 1.29 is 38.1 Å². The Hall–Kier alpha value is -6.56. The van der Waals surface area contributed by atoms with Crippen LogP contribution < -0.4 is 4.74 Å². The van der Waals surface area contributed by atoms with Gasteiger partial charge in [0.1, 0.15) is 5.75 Å². The van der Waals surface area contributed by atoms with Crippen LogP contribution in [-0.2, 0) is 28.6 Å². The van der Waals surface area contributed by atoms with Crippen molar-refractivity contribution in [3.05, 3.63) is 125 Å². The maximum Gasteiger partial charge on any atom is 0.339 e. The molecule has 0 bridgehead atoms. The fourth-order valence-corrected chi connectivity index (χ4v) is 10.2. The second-order valence-corrected chi connectivity index (χ2v) is 19.2. The molecule has 4 aromatic rings. The summed E-state index contributed by atoms with van der Waals surface area (Å²) in [5, 5.41) is 1.65. The quantitative estimate of drug-likeness (QED) is 0.0273. The number of unbranched alkanes of at least 4 members (excludes halogenated alkanes) is 3. The van der Waals surface area contributed by atoms with Gasteiger partial charge in [-0.25, -0.2) is 9.59 Å². The zero-order valence-electron chi connectivity index (χ0n) is 40.2. The van der Waals surface area contributed by atoms with Crippen molar-refractivity contribution in [1.82, 2.24) is 0 Å². The standard InChI is InChI=1S/C61H66O8/c1-4-7-8-11-45-22-24-49(25-23-45)50-35-38-61(39-36-50,37-34-48-20-18-47(19-21-48)17-16-46-14-12-44(5-2)13-15-46)69-60(65)55-31-30-54-43-56(33-32-53(54)42-55)68-59(64)52-28-26-51(27-29-52)58(63)67-41-10-9-40-66-57(62)6-3/h2,6,12-15,18-21,30-33,42-43,45,49-52H,3-4,7-11,22-29,35-36,38-41H2,1H3. The molecule has 4 aromatic carbocycles. The van der Waals surface area contributed by atoms with Crippen molar-refractivity contribution in [3.8, 4) is 41.8 Å². The monoisotopic (exact) mass is 926 g/mol. The lowest BCUT2D eigenvalue weighted by Gasteiger charge is -2.41. The van der Waals surface area contributed by atoms with Gasteiger partial charge in [0.05, 0.1) is 30.6 Å². The molecule has 69 heavy (non-hydrogen) atoms. The number of benzene rings is 4. The highest BCUT2D eigenvalue weighted by molar-refractivity contribution is 5.96. The molecule has 0 heterocycles. The predicted molar refractivity (Wildman–Crippen MR) is 270 cm³/mol. The molecule has 3 fully saturated rings. The molecular weight excluding hydrogens is 861 g/mol. The van der Waals surface area contributed by atoms with Gasteiger partial charge in [-0.3, -0.25) is 9.59 Å². The molecule has 358 valence electrons. The van der Waals surface area contributed by atoms with E-state index in [1.165, 1.54) is 51.4 Å². The molecule has 0 amide bonds. The summed E-state index contributed by atoms with van der Waals surface area (Å²) >= 11 is 0. The maximum atomic E-state index is 14.1. The first-order chi connectivity index (χ1) is 33.6. The third-order valence-electron chi connectivity index (χ3n) is 14.5. The first-order valence-corrected chi connectivity index (χ1v) is 25.3. The van der Waals surface area contributed by atoms with Crippen LogP contribution in [0.5, 0.6) is 5.75 Å². The lowest BCUT2D eigenvalue weighted by atomic mass is 9.67. The highest BCUT2D eigenvalue weighted by Crippen LogP contribution is 2.45. The summed E-state index contributed by atoms with van der Waals surface area (Å²) in [6.07, 6.45) is 23.9. The number of rotatable bonds is 16. The molecule has 0 radical (unpaired) electrons. The van der Waals surface area contributed by atoms with E-state index < -0.39 is 17.5 Å². The van der Waals surface area contributed by atoms with Crippen LogP contribution in [0.1, 0.15) is 155 Å². The number of fused-ring (bicyclic) bond motifs is 1. The number of esters is 4. The predicted octanol–water partition coefficient (Wildman–Crippen LogP) is 12.5. The maximum absolute atomic E-state index is 14.1. The average Bonchev–Trinajstić information content (AvgIpc) is 3.39. The number of carbonyl (C=O) groups is 4. The van der Waals surface area contributed by atoms with Gasteiger partial charge in [0, 0.05) is 28.3 Å². The molecule has 3 aliphatic carbocycles. The summed E-state index contributed by atoms with van der Waals surface area (Å²) in [6.45, 7) is 6.15. The smallest absolute Gasteiger partial charge is 0.339 e. The Morgan fingerprint density at radius 2 is 1.20 bits per heavy atom. The largest absolute Gasteiger partial charge is 0.465 e. The minimum Gasteiger partial charge on any atom is -0.465 e. The van der Waals surface area contributed by atoms with E-state index in [9.17, 15) is 19.2 Å². The third-order valence-corrected chi connectivity index (χ3v) is 14.5. The minimum atomic E-state index is -0.912. The Labute approximate surface area is 409 Å². The molecule has 3 saturated carbocycles. The van der Waals surface area contributed by atoms with Crippen molar-refractivity contribution in [3.63, 3.8) is 0 Å². The van der Waals surface area contributed by atoms with E-state index in [0.29, 0.717) is 68.6 Å². The van der Waals surface area contributed by atoms with Crippen LogP contribution in [0.4, 0.5) is 0 Å². The van der Waals surface area contributed by atoms with Crippen LogP contribution >= 0.6 is 0 Å². The molecular formula is C61H66O8. The van der Waals surface area contributed by atoms with Gasteiger partial charge < -0.3 is 18.9 Å². The number of terminal acetylenes is 1. The number of ether oxygens (including phenoxy) is 4. The Balaban J connectivity index is 0.957. The third kappa shape index (κ3) is 14.7. The zero-order chi connectivity index (χ0) is 48.4. The Morgan fingerprint density at radius 3 is 1.83 bits per heavy atom. The second-order valence-electron chi connectivity index (χ2n) is 19.2. The first kappa shape index (κ1) is 50.3. The lowest BCUT2D eigenvalue weighted by Crippen LogP contribution is -2.39. The Bertz CT molecular complexity index is 2570. The minimum absolute atomic E-state index is 0.252. The highest BCUT2D eigenvalue weighted by Gasteiger charge is 2.41. The number of hydrogen-bond acceptors (Lipinski definition) is 8. The summed E-state index contributed by atoms with van der Waals surface area (Å²) in [4.78, 5) is 51.1. The molecule has 0 aromatic heterocycles. The molecule has 0 unspecified atom stereocenters. The molecule has 0 aliphatic heterocycles. The van der Waals surface area contributed by atoms with E-state index >= 15 is 0 Å². The molecule has 0 atom stereocenters. The molecule has 8 heteroatoms. The molecule has 0 N–H and O–H groups in total. The van der Waals surface area contributed by atoms with Crippen LogP contribution in [0.25, 0.3) is 10.8 Å². The van der Waals surface area contributed by atoms with Gasteiger partial charge in [-0.15, -0.1) is 6.42 Å². The molecule has 0 spiro atoms. The van der Waals surface area contributed by atoms with E-state index in [-0.39, 0.29) is 37.0 Å². The fourth-order valence-electron chi connectivity index (χ4n) is 10.2. The number of hydrogen-bond donors (Lipinski definition) is 0. The summed E-state index contributed by atoms with van der Waals surface area (Å²) in [7, 11) is 0. The summed E-state index contributed by atoms with van der Waals surface area (Å²) < 4.78 is 22.8. The first-order valence-electron chi connectivity index (χ1n) is 25.3. The van der Waals surface area contributed by atoms with Crippen LogP contribution in [-0.4, -0.2) is 42.7 Å². The van der Waals surface area contributed by atoms with Gasteiger partial charge in [-0.1, -0.05) is 87.8 Å². The summed E-state index contributed by atoms with van der Waals surface area (Å²) in [5.74, 6) is 16.5. The van der Waals surface area contributed by atoms with E-state index in [2.05, 4.69) is 43.1 Å². The second kappa shape index (κ2) is 25.2. The van der Waals surface area contributed by atoms with Crippen LogP contribution in [0.15, 0.2) is 97.6 Å². The van der Waals surface area contributed by atoms with Crippen molar-refractivity contribution in [2.45, 2.75) is 128 Å². The van der Waals surface area contributed by atoms with Crippen LogP contribution in [0.2, 0.25) is 0 Å². The van der Waals surface area contributed by atoms with E-state index in [1.54, 1.807) is 12.1 Å². The van der Waals surface area contributed by atoms with Gasteiger partial charge in [-0.2, -0.15) is 0 Å². The summed E-state index contributed by atoms with van der Waals surface area (Å²) in [6, 6.07) is 26.4. The lowest BCUT2D eigenvalue weighted by molar-refractivity contribution is -0.152. The van der Waals surface area contributed by atoms with Gasteiger partial charge >= 0.3 is 23.9 Å². The molecule has 0 saturated heterocycles. The van der Waals surface area contributed by atoms with E-state index in [4.69, 9.17) is 25.4 Å². The Morgan fingerprint density at radius 1 is 0.638 bits per heavy atom. The molecule has 8 nitrogen and oxygen atoms in total. The topological polar surface area (TPSA) is 105 Å². The van der Waals surface area contributed by atoms with Crippen LogP contribution in [0, 0.1) is 65.6 Å². The summed E-state index contributed by atoms with van der Waals surface area (Å²) in [5.41, 5.74) is 2.95. The van der Waals surface area contributed by atoms with Crippen molar-refractivity contribution in [2.24, 2.45) is 29.6 Å². The van der Waals surface area contributed by atoms with Gasteiger partial charge in [0.2, 0.25) is 0 Å². The number of carbonyl (C=O) groups excluding carboxylic acids is 4. The van der Waals surface area contributed by atoms with Crippen molar-refractivity contribution in [1.29, 1.82) is 0 Å². The van der Waals surface area contributed by atoms with E-state index in [1.807, 2.05) is 72.8 Å². The van der Waals surface area contributed by atoms with Gasteiger partial charge in [0.25, 0.3) is 0 Å². The van der Waals surface area contributed by atoms with Crippen molar-refractivity contribution >= 4 is 34.6 Å². The van der Waals surface area contributed by atoms with E-state index in [0.717, 1.165) is 63.8 Å². The Kier molecular flexibility index (Phi) is 18.4. The average molecular weight is 927 g/mol. The van der Waals surface area contributed by atoms with Crippen molar-refractivity contribution in [2.75, 3.05) is 13.2 Å². The molecule has 7 rings (SSSR count). The highest BCUT2D eigenvalue weighted by atomic mass is 16.6. The fraction of sp³-hybridized carbons (Fsp3) is 0.443. The normalized spacial score (nSPS) is 22.0. The SMILES string of the molecule is C#Cc1ccc(C#Cc2ccc(C#CC3(OC(=O)c4ccc5cc(OC(=O)C6CCC(C(=O)OCCCCOC(=O)C=C)CC6)ccc5c4)CCC(C4CCC(CCCCC)CC4)CC3)cc2)cc1. The zero-order valence-corrected chi connectivity index (χ0v) is 40.2. The molecule has 3 aliphatic rings. The van der Waals surface area contributed by atoms with Crippen LogP contribution in [0.3, 0.4) is 0 Å². The van der Waals surface area contributed by atoms with Gasteiger partial charge in [-0.05, 0) is 184 Å².